The van der Waals surface area contributed by atoms with E-state index in [2.05, 4.69) is 39.3 Å². The minimum atomic E-state index is 0.489. The molecule has 0 bridgehead atoms. The third-order valence-corrected chi connectivity index (χ3v) is 4.70. The number of aromatic nitrogens is 2. The monoisotopic (exact) mass is 370 g/mol. The van der Waals surface area contributed by atoms with E-state index in [9.17, 15) is 0 Å². The maximum Gasteiger partial charge on any atom is 0.174 e. The molecule has 2 aromatic heterocycles. The molecule has 5 heteroatoms. The van der Waals surface area contributed by atoms with E-state index in [-0.39, 0.29) is 0 Å². The van der Waals surface area contributed by atoms with Gasteiger partial charge in [-0.1, -0.05) is 25.1 Å². The highest BCUT2D eigenvalue weighted by Crippen LogP contribution is 2.27. The number of fused-ring (bicyclic) bond motifs is 2. The second-order valence-corrected chi connectivity index (χ2v) is 6.49. The van der Waals surface area contributed by atoms with E-state index in [4.69, 9.17) is 4.74 Å². The van der Waals surface area contributed by atoms with Gasteiger partial charge in [0.15, 0.2) is 5.82 Å². The molecule has 0 atom stereocenters. The predicted octanol–water partition coefficient (Wildman–Crippen LogP) is 6.03. The molecular formula is C23H22N4O. The number of benzene rings is 2. The van der Waals surface area contributed by atoms with Crippen molar-refractivity contribution >= 4 is 27.6 Å². The van der Waals surface area contributed by atoms with Crippen LogP contribution in [-0.2, 0) is 13.0 Å². The van der Waals surface area contributed by atoms with Gasteiger partial charge in [0, 0.05) is 23.0 Å². The molecule has 140 valence electrons. The number of ether oxygens (including phenoxy) is 1. The van der Waals surface area contributed by atoms with E-state index >= 15 is 0 Å². The summed E-state index contributed by atoms with van der Waals surface area (Å²) >= 11 is 0. The molecule has 4 rings (SSSR count). The lowest BCUT2D eigenvalue weighted by Gasteiger charge is -2.08. The highest BCUT2D eigenvalue weighted by molar-refractivity contribution is 5.85. The molecule has 2 aromatic carbocycles. The quantitative estimate of drug-likeness (QED) is 0.389. The Morgan fingerprint density at radius 1 is 0.893 bits per heavy atom. The topological polar surface area (TPSA) is 59.7 Å². The lowest BCUT2D eigenvalue weighted by Crippen LogP contribution is -1.93. The van der Waals surface area contributed by atoms with Crippen LogP contribution in [0.1, 0.15) is 25.0 Å². The van der Waals surface area contributed by atoms with Crippen LogP contribution < -0.4 is 4.74 Å². The largest absolute Gasteiger partial charge is 0.494 e. The molecule has 0 saturated heterocycles. The second-order valence-electron chi connectivity index (χ2n) is 6.49. The summed E-state index contributed by atoms with van der Waals surface area (Å²) in [6.45, 7) is 5.23. The van der Waals surface area contributed by atoms with Gasteiger partial charge in [0.2, 0.25) is 0 Å². The smallest absolute Gasteiger partial charge is 0.174 e. The van der Waals surface area contributed by atoms with E-state index in [0.717, 1.165) is 39.5 Å². The minimum absolute atomic E-state index is 0.489. The summed E-state index contributed by atoms with van der Waals surface area (Å²) in [4.78, 5) is 9.06. The van der Waals surface area contributed by atoms with Crippen LogP contribution in [0.5, 0.6) is 5.75 Å². The maximum atomic E-state index is 5.61. The average Bonchev–Trinajstić information content (AvgIpc) is 2.73. The van der Waals surface area contributed by atoms with Crippen molar-refractivity contribution in [3.8, 4) is 5.75 Å². The van der Waals surface area contributed by atoms with Crippen LogP contribution in [-0.4, -0.2) is 16.6 Å². The molecule has 0 unspecified atom stereocenters. The van der Waals surface area contributed by atoms with Crippen molar-refractivity contribution in [3.05, 3.63) is 71.9 Å². The van der Waals surface area contributed by atoms with E-state index in [0.29, 0.717) is 19.0 Å². The Hall–Kier alpha value is -3.34. The van der Waals surface area contributed by atoms with Gasteiger partial charge in [-0.25, -0.2) is 4.98 Å². The fourth-order valence-corrected chi connectivity index (χ4v) is 3.34. The SMILES string of the molecule is CCOc1ccc2c(CC)cc(N=NCc3ccnc4ccccc34)nc2c1. The molecule has 0 aliphatic heterocycles. The summed E-state index contributed by atoms with van der Waals surface area (Å²) in [5.41, 5.74) is 4.16. The van der Waals surface area contributed by atoms with Crippen molar-refractivity contribution in [2.75, 3.05) is 6.61 Å². The van der Waals surface area contributed by atoms with E-state index in [1.165, 1.54) is 5.56 Å². The van der Waals surface area contributed by atoms with E-state index < -0.39 is 0 Å². The average molecular weight is 370 g/mol. The summed E-state index contributed by atoms with van der Waals surface area (Å²) in [6.07, 6.45) is 2.72. The first kappa shape index (κ1) is 18.0. The van der Waals surface area contributed by atoms with Crippen LogP contribution in [0.15, 0.2) is 71.0 Å². The van der Waals surface area contributed by atoms with Crippen molar-refractivity contribution in [2.45, 2.75) is 26.8 Å². The zero-order valence-electron chi connectivity index (χ0n) is 16.1. The fourth-order valence-electron chi connectivity index (χ4n) is 3.34. The Morgan fingerprint density at radius 2 is 1.75 bits per heavy atom. The van der Waals surface area contributed by atoms with Crippen LogP contribution in [0.4, 0.5) is 5.82 Å². The van der Waals surface area contributed by atoms with Gasteiger partial charge in [-0.15, -0.1) is 5.11 Å². The summed E-state index contributed by atoms with van der Waals surface area (Å²) in [7, 11) is 0. The van der Waals surface area contributed by atoms with E-state index in [1.54, 1.807) is 0 Å². The lowest BCUT2D eigenvalue weighted by molar-refractivity contribution is 0.340. The van der Waals surface area contributed by atoms with Gasteiger partial charge in [-0.2, -0.15) is 5.11 Å². The number of azo groups is 1. The number of para-hydroxylation sites is 1. The number of nitrogens with zero attached hydrogens (tertiary/aromatic N) is 4. The molecular weight excluding hydrogens is 348 g/mol. The number of hydrogen-bond acceptors (Lipinski definition) is 5. The number of rotatable bonds is 6. The normalized spacial score (nSPS) is 11.5. The van der Waals surface area contributed by atoms with Crippen LogP contribution in [0.2, 0.25) is 0 Å². The molecule has 0 N–H and O–H groups in total. The Bertz CT molecular complexity index is 1150. The first-order valence-corrected chi connectivity index (χ1v) is 9.55. The molecule has 0 aliphatic rings. The van der Waals surface area contributed by atoms with Gasteiger partial charge in [-0.05, 0) is 54.8 Å². The highest BCUT2D eigenvalue weighted by atomic mass is 16.5. The second kappa shape index (κ2) is 8.13. The van der Waals surface area contributed by atoms with Gasteiger partial charge in [-0.3, -0.25) is 4.98 Å². The van der Waals surface area contributed by atoms with Gasteiger partial charge >= 0.3 is 0 Å². The lowest BCUT2D eigenvalue weighted by atomic mass is 10.1. The molecule has 0 fully saturated rings. The summed E-state index contributed by atoms with van der Waals surface area (Å²) in [5.74, 6) is 1.44. The Kier molecular flexibility index (Phi) is 5.24. The molecule has 0 amide bonds. The highest BCUT2D eigenvalue weighted by Gasteiger charge is 2.06. The Balaban J connectivity index is 1.64. The Labute approximate surface area is 164 Å². The fraction of sp³-hybridized carbons (Fsp3) is 0.217. The van der Waals surface area contributed by atoms with Gasteiger partial charge in [0.05, 0.1) is 24.2 Å². The minimum Gasteiger partial charge on any atom is -0.494 e. The molecule has 0 radical (unpaired) electrons. The molecule has 4 aromatic rings. The summed E-state index contributed by atoms with van der Waals surface area (Å²) in [5, 5.41) is 11.0. The third-order valence-electron chi connectivity index (χ3n) is 4.70. The van der Waals surface area contributed by atoms with Gasteiger partial charge < -0.3 is 4.74 Å². The van der Waals surface area contributed by atoms with Crippen molar-refractivity contribution in [3.63, 3.8) is 0 Å². The van der Waals surface area contributed by atoms with Crippen molar-refractivity contribution in [1.82, 2.24) is 9.97 Å². The van der Waals surface area contributed by atoms with Crippen LogP contribution >= 0.6 is 0 Å². The first-order chi connectivity index (χ1) is 13.8. The van der Waals surface area contributed by atoms with Crippen molar-refractivity contribution in [1.29, 1.82) is 0 Å². The number of aryl methyl sites for hydroxylation is 1. The molecule has 0 spiro atoms. The molecule has 2 heterocycles. The van der Waals surface area contributed by atoms with Gasteiger partial charge in [0.1, 0.15) is 5.75 Å². The molecule has 0 aliphatic carbocycles. The van der Waals surface area contributed by atoms with Crippen LogP contribution in [0.25, 0.3) is 21.8 Å². The summed E-state index contributed by atoms with van der Waals surface area (Å²) < 4.78 is 5.61. The molecule has 0 saturated carbocycles. The number of pyridine rings is 2. The van der Waals surface area contributed by atoms with Crippen molar-refractivity contribution in [2.24, 2.45) is 10.2 Å². The van der Waals surface area contributed by atoms with Crippen LogP contribution in [0, 0.1) is 0 Å². The van der Waals surface area contributed by atoms with Crippen LogP contribution in [0.3, 0.4) is 0 Å². The molecule has 28 heavy (non-hydrogen) atoms. The third kappa shape index (κ3) is 3.69. The zero-order valence-corrected chi connectivity index (χ0v) is 16.1. The predicted molar refractivity (Wildman–Crippen MR) is 112 cm³/mol. The van der Waals surface area contributed by atoms with Crippen molar-refractivity contribution < 1.29 is 4.74 Å². The maximum absolute atomic E-state index is 5.61. The Morgan fingerprint density at radius 3 is 2.61 bits per heavy atom. The number of hydrogen-bond donors (Lipinski definition) is 0. The first-order valence-electron chi connectivity index (χ1n) is 9.55. The van der Waals surface area contributed by atoms with E-state index in [1.807, 2.05) is 55.6 Å². The standard InChI is InChI=1S/C23H22N4O/c1-3-16-13-23(26-22-14-18(28-4-2)9-10-20(16)22)27-25-15-17-11-12-24-21-8-6-5-7-19(17)21/h5-14H,3-4,15H2,1-2H3. The zero-order chi connectivity index (χ0) is 19.3. The summed E-state index contributed by atoms with van der Waals surface area (Å²) in [6, 6.07) is 18.1. The van der Waals surface area contributed by atoms with Gasteiger partial charge in [0.25, 0.3) is 0 Å². The molecule has 5 nitrogen and oxygen atoms in total.